The molecule has 3 aliphatic rings. The second kappa shape index (κ2) is 3.18. The van der Waals surface area contributed by atoms with Crippen LogP contribution in [0.1, 0.15) is 19.3 Å². The fourth-order valence-corrected chi connectivity index (χ4v) is 3.46. The van der Waals surface area contributed by atoms with Crippen LogP contribution in [0.25, 0.3) is 0 Å². The van der Waals surface area contributed by atoms with E-state index in [1.165, 1.54) is 7.11 Å². The van der Waals surface area contributed by atoms with E-state index >= 15 is 0 Å². The summed E-state index contributed by atoms with van der Waals surface area (Å²) in [7, 11) is 1.38. The van der Waals surface area contributed by atoms with Crippen LogP contribution in [0.2, 0.25) is 0 Å². The quantitative estimate of drug-likeness (QED) is 0.618. The smallest absolute Gasteiger partial charge is 0.317 e. The van der Waals surface area contributed by atoms with Gasteiger partial charge in [-0.15, -0.1) is 0 Å². The third-order valence-corrected chi connectivity index (χ3v) is 4.42. The van der Waals surface area contributed by atoms with Gasteiger partial charge in [0, 0.05) is 13.1 Å². The molecule has 0 aromatic rings. The van der Waals surface area contributed by atoms with E-state index in [-0.39, 0.29) is 18.2 Å². The van der Waals surface area contributed by atoms with Crippen molar-refractivity contribution in [3.8, 4) is 0 Å². The summed E-state index contributed by atoms with van der Waals surface area (Å²) < 4.78 is 10.7. The van der Waals surface area contributed by atoms with Crippen molar-refractivity contribution in [2.45, 2.75) is 37.1 Å². The van der Waals surface area contributed by atoms with Crippen molar-refractivity contribution in [3.05, 3.63) is 0 Å². The fourth-order valence-electron chi connectivity index (χ4n) is 3.46. The van der Waals surface area contributed by atoms with Crippen molar-refractivity contribution in [2.75, 3.05) is 20.2 Å². The van der Waals surface area contributed by atoms with Crippen LogP contribution in [0.5, 0.6) is 0 Å². The predicted molar refractivity (Wildman–Crippen MR) is 54.8 cm³/mol. The standard InChI is InChI=1S/C11H17NO4/c1-15-9(13)11(10(14)5-12-6-10)4-7-2-3-8(11)16-7/h7-8,12,14H,2-6H2,1H3. The molecule has 5 heteroatoms. The van der Waals surface area contributed by atoms with Gasteiger partial charge in [0.1, 0.15) is 11.0 Å². The highest BCUT2D eigenvalue weighted by Crippen LogP contribution is 2.55. The number of ether oxygens (including phenoxy) is 2. The normalized spacial score (nSPS) is 44.1. The van der Waals surface area contributed by atoms with Gasteiger partial charge in [-0.05, 0) is 19.3 Å². The molecule has 0 radical (unpaired) electrons. The minimum absolute atomic E-state index is 0.119. The summed E-state index contributed by atoms with van der Waals surface area (Å²) in [6, 6.07) is 0. The van der Waals surface area contributed by atoms with Gasteiger partial charge in [0.05, 0.1) is 19.3 Å². The van der Waals surface area contributed by atoms with E-state index in [1.54, 1.807) is 0 Å². The van der Waals surface area contributed by atoms with E-state index in [2.05, 4.69) is 5.32 Å². The second-order valence-corrected chi connectivity index (χ2v) is 5.13. The zero-order chi connectivity index (χ0) is 11.4. The third-order valence-electron chi connectivity index (χ3n) is 4.42. The first-order chi connectivity index (χ1) is 7.62. The Morgan fingerprint density at radius 1 is 1.50 bits per heavy atom. The zero-order valence-corrected chi connectivity index (χ0v) is 9.36. The van der Waals surface area contributed by atoms with Crippen LogP contribution in [0.3, 0.4) is 0 Å². The Balaban J connectivity index is 1.98. The molecule has 0 amide bonds. The van der Waals surface area contributed by atoms with E-state index in [4.69, 9.17) is 9.47 Å². The molecule has 0 aromatic heterocycles. The number of rotatable bonds is 2. The Morgan fingerprint density at radius 2 is 2.25 bits per heavy atom. The van der Waals surface area contributed by atoms with E-state index in [0.717, 1.165) is 12.8 Å². The van der Waals surface area contributed by atoms with Crippen molar-refractivity contribution in [3.63, 3.8) is 0 Å². The lowest BCUT2D eigenvalue weighted by atomic mass is 9.60. The number of carbonyl (C=O) groups excluding carboxylic acids is 1. The monoisotopic (exact) mass is 227 g/mol. The number of fused-ring (bicyclic) bond motifs is 2. The SMILES string of the molecule is COC(=O)C1(C2(O)CNC2)CC2CCC1O2. The number of methoxy groups -OCH3 is 1. The van der Waals surface area contributed by atoms with Crippen molar-refractivity contribution in [1.29, 1.82) is 0 Å². The Kier molecular flexibility index (Phi) is 2.09. The molecule has 2 N–H and O–H groups in total. The molecular formula is C11H17NO4. The van der Waals surface area contributed by atoms with Crippen molar-refractivity contribution in [1.82, 2.24) is 5.32 Å². The van der Waals surface area contributed by atoms with E-state index in [0.29, 0.717) is 19.5 Å². The van der Waals surface area contributed by atoms with Gasteiger partial charge in [0.25, 0.3) is 0 Å². The topological polar surface area (TPSA) is 67.8 Å². The number of aliphatic hydroxyl groups is 1. The lowest BCUT2D eigenvalue weighted by Gasteiger charge is -2.51. The summed E-state index contributed by atoms with van der Waals surface area (Å²) in [6.45, 7) is 0.906. The van der Waals surface area contributed by atoms with Gasteiger partial charge in [-0.3, -0.25) is 4.79 Å². The highest BCUT2D eigenvalue weighted by molar-refractivity contribution is 5.80. The van der Waals surface area contributed by atoms with Crippen LogP contribution in [-0.2, 0) is 14.3 Å². The first-order valence-electron chi connectivity index (χ1n) is 5.79. The summed E-state index contributed by atoms with van der Waals surface area (Å²) in [5.74, 6) is -0.316. The third kappa shape index (κ3) is 1.04. The lowest BCUT2D eigenvalue weighted by Crippen LogP contribution is -2.73. The first kappa shape index (κ1) is 10.5. The maximum Gasteiger partial charge on any atom is 0.317 e. The lowest BCUT2D eigenvalue weighted by molar-refractivity contribution is -0.191. The van der Waals surface area contributed by atoms with Gasteiger partial charge in [0.2, 0.25) is 0 Å². The summed E-state index contributed by atoms with van der Waals surface area (Å²) in [6.07, 6.45) is 2.39. The number of hydrogen-bond donors (Lipinski definition) is 2. The molecule has 3 rings (SSSR count). The average molecular weight is 227 g/mol. The van der Waals surface area contributed by atoms with Crippen LogP contribution < -0.4 is 5.32 Å². The molecule has 3 fully saturated rings. The molecule has 0 spiro atoms. The minimum atomic E-state index is -0.986. The molecule has 0 aromatic carbocycles. The molecule has 5 nitrogen and oxygen atoms in total. The van der Waals surface area contributed by atoms with Crippen LogP contribution in [-0.4, -0.2) is 49.1 Å². The fraction of sp³-hybridized carbons (Fsp3) is 0.909. The summed E-state index contributed by atoms with van der Waals surface area (Å²) in [5.41, 5.74) is -1.82. The molecular weight excluding hydrogens is 210 g/mol. The van der Waals surface area contributed by atoms with Gasteiger partial charge < -0.3 is 19.9 Å². The van der Waals surface area contributed by atoms with Crippen LogP contribution >= 0.6 is 0 Å². The molecule has 3 aliphatic heterocycles. The molecule has 90 valence electrons. The van der Waals surface area contributed by atoms with E-state index in [1.807, 2.05) is 0 Å². The van der Waals surface area contributed by atoms with Crippen LogP contribution in [0, 0.1) is 5.41 Å². The van der Waals surface area contributed by atoms with Gasteiger partial charge in [0.15, 0.2) is 0 Å². The van der Waals surface area contributed by atoms with Gasteiger partial charge in [-0.1, -0.05) is 0 Å². The largest absolute Gasteiger partial charge is 0.468 e. The highest BCUT2D eigenvalue weighted by atomic mass is 16.5. The Hall–Kier alpha value is -0.650. The molecule has 2 bridgehead atoms. The maximum atomic E-state index is 12.1. The molecule has 16 heavy (non-hydrogen) atoms. The number of nitrogens with one attached hydrogen (secondary N) is 1. The highest BCUT2D eigenvalue weighted by Gasteiger charge is 2.69. The van der Waals surface area contributed by atoms with Gasteiger partial charge in [-0.2, -0.15) is 0 Å². The number of β-amino-alcohol motifs (C(OH)–C–C–N with tert-alkyl or cyclic N) is 1. The zero-order valence-electron chi connectivity index (χ0n) is 9.36. The van der Waals surface area contributed by atoms with E-state index in [9.17, 15) is 9.90 Å². The van der Waals surface area contributed by atoms with Crippen molar-refractivity contribution < 1.29 is 19.4 Å². The number of hydrogen-bond acceptors (Lipinski definition) is 5. The molecule has 3 unspecified atom stereocenters. The number of esters is 1. The number of carbonyl (C=O) groups is 1. The van der Waals surface area contributed by atoms with Crippen molar-refractivity contribution >= 4 is 5.97 Å². The summed E-state index contributed by atoms with van der Waals surface area (Å²) >= 11 is 0. The van der Waals surface area contributed by atoms with Gasteiger partial charge in [-0.25, -0.2) is 0 Å². The predicted octanol–water partition coefficient (Wildman–Crippen LogP) is -0.569. The Morgan fingerprint density at radius 3 is 2.62 bits per heavy atom. The average Bonchev–Trinajstić information content (AvgIpc) is 2.84. The Bertz CT molecular complexity index is 328. The molecule has 3 atom stereocenters. The van der Waals surface area contributed by atoms with Gasteiger partial charge >= 0.3 is 5.97 Å². The van der Waals surface area contributed by atoms with E-state index < -0.39 is 11.0 Å². The summed E-state index contributed by atoms with van der Waals surface area (Å²) in [4.78, 5) is 12.1. The first-order valence-corrected chi connectivity index (χ1v) is 5.79. The summed E-state index contributed by atoms with van der Waals surface area (Å²) in [5, 5.41) is 13.6. The molecule has 3 heterocycles. The minimum Gasteiger partial charge on any atom is -0.468 e. The molecule has 3 saturated heterocycles. The molecule has 0 saturated carbocycles. The van der Waals surface area contributed by atoms with Crippen LogP contribution in [0.15, 0.2) is 0 Å². The molecule has 0 aliphatic carbocycles. The Labute approximate surface area is 94.1 Å². The van der Waals surface area contributed by atoms with Crippen molar-refractivity contribution in [2.24, 2.45) is 5.41 Å². The maximum absolute atomic E-state index is 12.1. The van der Waals surface area contributed by atoms with Crippen LogP contribution in [0.4, 0.5) is 0 Å². The second-order valence-electron chi connectivity index (χ2n) is 5.13.